The summed E-state index contributed by atoms with van der Waals surface area (Å²) in [6, 6.07) is 19.2. The molecule has 32 heavy (non-hydrogen) atoms. The fourth-order valence-electron chi connectivity index (χ4n) is 3.96. The van der Waals surface area contributed by atoms with E-state index in [2.05, 4.69) is 21.2 Å². The summed E-state index contributed by atoms with van der Waals surface area (Å²) >= 11 is 3.42. The Bertz CT molecular complexity index is 1190. The topological polar surface area (TPSA) is 75.7 Å². The number of nitrogens with one attached hydrogen (secondary N) is 1. The third-order valence-corrected chi connectivity index (χ3v) is 6.08. The molecule has 1 N–H and O–H groups in total. The van der Waals surface area contributed by atoms with E-state index in [1.165, 1.54) is 0 Å². The molecule has 1 atom stereocenters. The number of esters is 1. The first-order valence-corrected chi connectivity index (χ1v) is 11.3. The number of anilines is 2. The number of halogens is 1. The lowest BCUT2D eigenvalue weighted by Crippen LogP contribution is -2.28. The van der Waals surface area contributed by atoms with Crippen LogP contribution in [-0.2, 0) is 25.5 Å². The number of carbonyl (C=O) groups excluding carboxylic acids is 3. The first kappa shape index (κ1) is 22.0. The molecule has 0 spiro atoms. The molecule has 2 amide bonds. The van der Waals surface area contributed by atoms with Gasteiger partial charge in [0.15, 0.2) is 6.61 Å². The van der Waals surface area contributed by atoms with Gasteiger partial charge < -0.3 is 15.0 Å². The first-order chi connectivity index (χ1) is 15.5. The molecule has 4 rings (SSSR count). The van der Waals surface area contributed by atoms with Crippen molar-refractivity contribution in [1.29, 1.82) is 0 Å². The Morgan fingerprint density at radius 2 is 1.91 bits per heavy atom. The van der Waals surface area contributed by atoms with E-state index in [4.69, 9.17) is 4.74 Å². The average molecular weight is 495 g/mol. The largest absolute Gasteiger partial charge is 0.455 e. The molecule has 0 aromatic heterocycles. The highest BCUT2D eigenvalue weighted by atomic mass is 79.9. The normalized spacial score (nSPS) is 15.8. The van der Waals surface area contributed by atoms with Crippen LogP contribution in [0.1, 0.15) is 18.9 Å². The van der Waals surface area contributed by atoms with Crippen molar-refractivity contribution in [3.8, 4) is 0 Å². The Kier molecular flexibility index (Phi) is 6.55. The molecular weight excluding hydrogens is 472 g/mol. The highest BCUT2D eigenvalue weighted by Gasteiger charge is 2.36. The summed E-state index contributed by atoms with van der Waals surface area (Å²) in [6.45, 7) is 1.84. The molecule has 1 aliphatic rings. The highest BCUT2D eigenvalue weighted by Crippen LogP contribution is 2.32. The van der Waals surface area contributed by atoms with E-state index in [0.717, 1.165) is 32.9 Å². The number of hydrogen-bond acceptors (Lipinski definition) is 4. The van der Waals surface area contributed by atoms with Crippen LogP contribution in [-0.4, -0.2) is 30.9 Å². The average Bonchev–Trinajstić information content (AvgIpc) is 3.19. The first-order valence-electron chi connectivity index (χ1n) is 10.5. The predicted molar refractivity (Wildman–Crippen MR) is 128 cm³/mol. The van der Waals surface area contributed by atoms with Crippen molar-refractivity contribution in [2.75, 3.05) is 23.4 Å². The minimum absolute atomic E-state index is 0.0658. The third-order valence-electron chi connectivity index (χ3n) is 5.58. The molecule has 3 aromatic rings. The van der Waals surface area contributed by atoms with E-state index in [9.17, 15) is 14.4 Å². The van der Waals surface area contributed by atoms with Crippen LogP contribution in [0, 0.1) is 5.92 Å². The standard InChI is InChI=1S/C25H23BrN2O4/c1-2-16-12-19(26)10-11-21(16)27-23(29)15-32-25(31)18-13-24(30)28(14-18)22-9-5-7-17-6-3-4-8-20(17)22/h3-12,18H,2,13-15H2,1H3,(H,27,29)/t18-/m1/s1. The maximum Gasteiger partial charge on any atom is 0.311 e. The van der Waals surface area contributed by atoms with Crippen molar-refractivity contribution in [2.24, 2.45) is 5.92 Å². The monoisotopic (exact) mass is 494 g/mol. The van der Waals surface area contributed by atoms with Gasteiger partial charge in [-0.05, 0) is 41.6 Å². The molecular formula is C25H23BrN2O4. The quantitative estimate of drug-likeness (QED) is 0.504. The van der Waals surface area contributed by atoms with Crippen molar-refractivity contribution < 1.29 is 19.1 Å². The molecule has 0 unspecified atom stereocenters. The van der Waals surface area contributed by atoms with Crippen LogP contribution in [0.2, 0.25) is 0 Å². The predicted octanol–water partition coefficient (Wildman–Crippen LogP) is 4.70. The molecule has 0 bridgehead atoms. The minimum Gasteiger partial charge on any atom is -0.455 e. The van der Waals surface area contributed by atoms with Crippen molar-refractivity contribution >= 4 is 55.9 Å². The van der Waals surface area contributed by atoms with Crippen LogP contribution in [0.5, 0.6) is 0 Å². The Balaban J connectivity index is 1.37. The molecule has 0 aliphatic carbocycles. The number of amides is 2. The molecule has 3 aromatic carbocycles. The minimum atomic E-state index is -0.604. The summed E-state index contributed by atoms with van der Waals surface area (Å²) in [6.07, 6.45) is 0.819. The lowest BCUT2D eigenvalue weighted by Gasteiger charge is -2.19. The van der Waals surface area contributed by atoms with Crippen LogP contribution < -0.4 is 10.2 Å². The van der Waals surface area contributed by atoms with Gasteiger partial charge in [0.1, 0.15) is 0 Å². The molecule has 164 valence electrons. The van der Waals surface area contributed by atoms with Crippen LogP contribution in [0.4, 0.5) is 11.4 Å². The summed E-state index contributed by atoms with van der Waals surface area (Å²) < 4.78 is 6.17. The van der Waals surface area contributed by atoms with Crippen molar-refractivity contribution in [1.82, 2.24) is 0 Å². The maximum atomic E-state index is 12.6. The van der Waals surface area contributed by atoms with Crippen molar-refractivity contribution in [2.45, 2.75) is 19.8 Å². The highest BCUT2D eigenvalue weighted by molar-refractivity contribution is 9.10. The number of ether oxygens (including phenoxy) is 1. The Hall–Kier alpha value is -3.19. The summed E-state index contributed by atoms with van der Waals surface area (Å²) in [5.74, 6) is -1.68. The van der Waals surface area contributed by atoms with E-state index < -0.39 is 24.4 Å². The second-order valence-electron chi connectivity index (χ2n) is 7.71. The molecule has 1 aliphatic heterocycles. The third kappa shape index (κ3) is 4.67. The number of fused-ring (bicyclic) bond motifs is 1. The summed E-state index contributed by atoms with van der Waals surface area (Å²) in [4.78, 5) is 39.1. The van der Waals surface area contributed by atoms with E-state index in [1.807, 2.05) is 61.5 Å². The second kappa shape index (κ2) is 9.53. The smallest absolute Gasteiger partial charge is 0.311 e. The molecule has 6 nitrogen and oxygen atoms in total. The van der Waals surface area contributed by atoms with Gasteiger partial charge in [0.05, 0.1) is 11.6 Å². The van der Waals surface area contributed by atoms with Gasteiger partial charge in [0, 0.05) is 28.5 Å². The summed E-state index contributed by atoms with van der Waals surface area (Å²) in [7, 11) is 0. The zero-order chi connectivity index (χ0) is 22.7. The second-order valence-corrected chi connectivity index (χ2v) is 8.63. The van der Waals surface area contributed by atoms with E-state index in [0.29, 0.717) is 5.69 Å². The van der Waals surface area contributed by atoms with Crippen LogP contribution in [0.25, 0.3) is 10.8 Å². The Labute approximate surface area is 194 Å². The fourth-order valence-corrected chi connectivity index (χ4v) is 4.37. The number of hydrogen-bond donors (Lipinski definition) is 1. The van der Waals surface area contributed by atoms with Gasteiger partial charge in [-0.1, -0.05) is 59.3 Å². The van der Waals surface area contributed by atoms with Gasteiger partial charge in [0.25, 0.3) is 5.91 Å². The molecule has 0 radical (unpaired) electrons. The van der Waals surface area contributed by atoms with Crippen LogP contribution in [0.3, 0.4) is 0 Å². The number of rotatable bonds is 6. The molecule has 1 saturated heterocycles. The van der Waals surface area contributed by atoms with Gasteiger partial charge >= 0.3 is 5.97 Å². The van der Waals surface area contributed by atoms with Crippen LogP contribution in [0.15, 0.2) is 65.1 Å². The fraction of sp³-hybridized carbons (Fsp3) is 0.240. The number of carbonyl (C=O) groups is 3. The Morgan fingerprint density at radius 1 is 1.12 bits per heavy atom. The van der Waals surface area contributed by atoms with Gasteiger partial charge in [0.2, 0.25) is 5.91 Å². The number of aryl methyl sites for hydroxylation is 1. The Morgan fingerprint density at radius 3 is 2.72 bits per heavy atom. The molecule has 1 heterocycles. The van der Waals surface area contributed by atoms with Crippen molar-refractivity contribution in [3.05, 3.63) is 70.7 Å². The van der Waals surface area contributed by atoms with E-state index in [-0.39, 0.29) is 18.9 Å². The lowest BCUT2D eigenvalue weighted by atomic mass is 10.1. The lowest BCUT2D eigenvalue weighted by molar-refractivity contribution is -0.151. The number of nitrogens with zero attached hydrogens (tertiary/aromatic N) is 1. The summed E-state index contributed by atoms with van der Waals surface area (Å²) in [5.41, 5.74) is 2.45. The number of benzene rings is 3. The zero-order valence-electron chi connectivity index (χ0n) is 17.6. The summed E-state index contributed by atoms with van der Waals surface area (Å²) in [5, 5.41) is 4.77. The van der Waals surface area contributed by atoms with Crippen LogP contribution >= 0.6 is 15.9 Å². The van der Waals surface area contributed by atoms with Crippen molar-refractivity contribution in [3.63, 3.8) is 0 Å². The molecule has 7 heteroatoms. The zero-order valence-corrected chi connectivity index (χ0v) is 19.2. The van der Waals surface area contributed by atoms with Gasteiger partial charge in [-0.15, -0.1) is 0 Å². The van der Waals surface area contributed by atoms with E-state index in [1.54, 1.807) is 11.0 Å². The molecule has 0 saturated carbocycles. The van der Waals surface area contributed by atoms with Gasteiger partial charge in [-0.25, -0.2) is 0 Å². The van der Waals surface area contributed by atoms with Gasteiger partial charge in [-0.2, -0.15) is 0 Å². The van der Waals surface area contributed by atoms with Gasteiger partial charge in [-0.3, -0.25) is 14.4 Å². The SMILES string of the molecule is CCc1cc(Br)ccc1NC(=O)COC(=O)[C@@H]1CC(=O)N(c2cccc3ccccc23)C1. The van der Waals surface area contributed by atoms with E-state index >= 15 is 0 Å². The molecule has 1 fully saturated rings. The maximum absolute atomic E-state index is 12.6.